The summed E-state index contributed by atoms with van der Waals surface area (Å²) in [6, 6.07) is 8.74. The molecule has 0 fully saturated rings. The van der Waals surface area contributed by atoms with Crippen LogP contribution < -0.4 is 15.0 Å². The summed E-state index contributed by atoms with van der Waals surface area (Å²) in [6.45, 7) is 0.228. The summed E-state index contributed by atoms with van der Waals surface area (Å²) in [5.74, 6) is 1.39. The molecule has 0 amide bonds. The number of aromatic amines is 1. The van der Waals surface area contributed by atoms with Crippen molar-refractivity contribution in [3.8, 4) is 22.8 Å². The van der Waals surface area contributed by atoms with E-state index in [1.54, 1.807) is 12.3 Å². The lowest BCUT2D eigenvalue weighted by Gasteiger charge is -2.03. The third-order valence-corrected chi connectivity index (χ3v) is 3.05. The van der Waals surface area contributed by atoms with Crippen molar-refractivity contribution in [2.75, 3.05) is 6.79 Å². The molecule has 0 saturated heterocycles. The fraction of sp³-hybridized carbons (Fsp3) is 0.0769. The zero-order valence-corrected chi connectivity index (χ0v) is 9.79. The molecular weight excluding hydrogens is 246 g/mol. The highest BCUT2D eigenvalue weighted by Crippen LogP contribution is 2.35. The summed E-state index contributed by atoms with van der Waals surface area (Å²) >= 11 is 0. The first-order valence-electron chi connectivity index (χ1n) is 5.78. The Bertz CT molecular complexity index is 835. The highest BCUT2D eigenvalue weighted by molar-refractivity contribution is 5.65. The molecule has 0 spiro atoms. The molecule has 19 heavy (non-hydrogen) atoms. The van der Waals surface area contributed by atoms with Crippen molar-refractivity contribution in [1.29, 1.82) is 0 Å². The van der Waals surface area contributed by atoms with Gasteiger partial charge < -0.3 is 9.47 Å². The van der Waals surface area contributed by atoms with E-state index >= 15 is 0 Å². The topological polar surface area (TPSA) is 68.6 Å². The summed E-state index contributed by atoms with van der Waals surface area (Å²) in [4.78, 5) is 16.3. The van der Waals surface area contributed by atoms with E-state index < -0.39 is 0 Å². The molecule has 0 radical (unpaired) electrons. The predicted octanol–water partition coefficient (Wildman–Crippen LogP) is 1.42. The van der Waals surface area contributed by atoms with Gasteiger partial charge in [-0.3, -0.25) is 9.89 Å². The van der Waals surface area contributed by atoms with Gasteiger partial charge in [-0.25, -0.2) is 9.50 Å². The van der Waals surface area contributed by atoms with Gasteiger partial charge in [0.15, 0.2) is 17.1 Å². The Morgan fingerprint density at radius 2 is 2.05 bits per heavy atom. The van der Waals surface area contributed by atoms with Gasteiger partial charge in [-0.05, 0) is 18.2 Å². The highest BCUT2D eigenvalue weighted by atomic mass is 16.7. The van der Waals surface area contributed by atoms with Crippen LogP contribution in [-0.2, 0) is 0 Å². The minimum absolute atomic E-state index is 0.150. The fourth-order valence-corrected chi connectivity index (χ4v) is 2.13. The summed E-state index contributed by atoms with van der Waals surface area (Å²) in [6.07, 6.45) is 1.67. The Labute approximate surface area is 107 Å². The lowest BCUT2D eigenvalue weighted by molar-refractivity contribution is 0.174. The maximum atomic E-state index is 11.9. The second kappa shape index (κ2) is 3.61. The molecule has 4 rings (SSSR count). The summed E-state index contributed by atoms with van der Waals surface area (Å²) in [5, 5.41) is 2.81. The van der Waals surface area contributed by atoms with Crippen LogP contribution in [0.4, 0.5) is 0 Å². The van der Waals surface area contributed by atoms with Crippen molar-refractivity contribution in [3.63, 3.8) is 0 Å². The molecule has 1 N–H and O–H groups in total. The predicted molar refractivity (Wildman–Crippen MR) is 67.4 cm³/mol. The van der Waals surface area contributed by atoms with Crippen LogP contribution in [0.5, 0.6) is 11.5 Å². The van der Waals surface area contributed by atoms with Crippen molar-refractivity contribution in [1.82, 2.24) is 14.6 Å². The van der Waals surface area contributed by atoms with Crippen LogP contribution in [0.25, 0.3) is 16.9 Å². The zero-order chi connectivity index (χ0) is 12.8. The van der Waals surface area contributed by atoms with Gasteiger partial charge in [0, 0.05) is 23.9 Å². The van der Waals surface area contributed by atoms with Gasteiger partial charge in [0.2, 0.25) is 6.79 Å². The molecule has 6 nitrogen and oxygen atoms in total. The number of nitrogens with zero attached hydrogens (tertiary/aromatic N) is 2. The molecule has 3 heterocycles. The number of H-pyrrole nitrogens is 1. The van der Waals surface area contributed by atoms with Gasteiger partial charge in [-0.15, -0.1) is 0 Å². The molecule has 3 aromatic rings. The molecule has 1 aliphatic rings. The number of benzene rings is 1. The third kappa shape index (κ3) is 1.50. The molecule has 0 unspecified atom stereocenters. The second-order valence-corrected chi connectivity index (χ2v) is 4.20. The SMILES string of the molecule is O=c1cc(-c2ccc3c(c2)OCO3)nc2cc[nH]n12. The Morgan fingerprint density at radius 3 is 3.00 bits per heavy atom. The minimum Gasteiger partial charge on any atom is -0.454 e. The number of ether oxygens (including phenoxy) is 2. The van der Waals surface area contributed by atoms with E-state index in [9.17, 15) is 4.79 Å². The molecule has 0 aliphatic carbocycles. The van der Waals surface area contributed by atoms with Crippen molar-refractivity contribution < 1.29 is 9.47 Å². The van der Waals surface area contributed by atoms with Crippen LogP contribution in [0.3, 0.4) is 0 Å². The van der Waals surface area contributed by atoms with Crippen LogP contribution in [0.1, 0.15) is 0 Å². The van der Waals surface area contributed by atoms with E-state index in [0.717, 1.165) is 5.56 Å². The van der Waals surface area contributed by atoms with Crippen molar-refractivity contribution in [2.45, 2.75) is 0 Å². The van der Waals surface area contributed by atoms with Crippen molar-refractivity contribution in [2.24, 2.45) is 0 Å². The maximum absolute atomic E-state index is 11.9. The summed E-state index contributed by atoms with van der Waals surface area (Å²) in [7, 11) is 0. The van der Waals surface area contributed by atoms with Crippen molar-refractivity contribution >= 4 is 5.65 Å². The van der Waals surface area contributed by atoms with Crippen LogP contribution in [0, 0.1) is 0 Å². The first-order chi connectivity index (χ1) is 9.31. The number of rotatable bonds is 1. The maximum Gasteiger partial charge on any atom is 0.273 e. The Hall–Kier alpha value is -2.76. The molecule has 94 valence electrons. The molecule has 0 saturated carbocycles. The Kier molecular flexibility index (Phi) is 1.94. The van der Waals surface area contributed by atoms with Crippen LogP contribution in [0.2, 0.25) is 0 Å². The van der Waals surface area contributed by atoms with Crippen molar-refractivity contribution in [3.05, 3.63) is 46.9 Å². The molecular formula is C13H9N3O3. The summed E-state index contributed by atoms with van der Waals surface area (Å²) < 4.78 is 12.0. The Balaban J connectivity index is 1.92. The summed E-state index contributed by atoms with van der Waals surface area (Å²) in [5.41, 5.74) is 1.87. The van der Waals surface area contributed by atoms with E-state index in [1.165, 1.54) is 10.6 Å². The quantitative estimate of drug-likeness (QED) is 0.714. The Morgan fingerprint density at radius 1 is 1.16 bits per heavy atom. The first kappa shape index (κ1) is 10.2. The first-order valence-corrected chi connectivity index (χ1v) is 5.78. The molecule has 6 heteroatoms. The van der Waals surface area contributed by atoms with E-state index in [1.807, 2.05) is 18.2 Å². The van der Waals surface area contributed by atoms with Gasteiger partial charge in [0.1, 0.15) is 0 Å². The number of nitrogens with one attached hydrogen (secondary N) is 1. The number of hydrogen-bond donors (Lipinski definition) is 1. The van der Waals surface area contributed by atoms with E-state index in [2.05, 4.69) is 10.1 Å². The normalized spacial score (nSPS) is 13.1. The fourth-order valence-electron chi connectivity index (χ4n) is 2.13. The van der Waals surface area contributed by atoms with Crippen LogP contribution >= 0.6 is 0 Å². The number of fused-ring (bicyclic) bond motifs is 2. The van der Waals surface area contributed by atoms with Crippen LogP contribution in [0.15, 0.2) is 41.3 Å². The van der Waals surface area contributed by atoms with Crippen LogP contribution in [-0.4, -0.2) is 21.4 Å². The monoisotopic (exact) mass is 255 g/mol. The smallest absolute Gasteiger partial charge is 0.273 e. The van der Waals surface area contributed by atoms with E-state index in [-0.39, 0.29) is 12.4 Å². The van der Waals surface area contributed by atoms with Gasteiger partial charge in [-0.2, -0.15) is 0 Å². The molecule has 1 aliphatic heterocycles. The largest absolute Gasteiger partial charge is 0.454 e. The van der Waals surface area contributed by atoms with E-state index in [0.29, 0.717) is 22.8 Å². The van der Waals surface area contributed by atoms with E-state index in [4.69, 9.17) is 9.47 Å². The molecule has 2 aromatic heterocycles. The minimum atomic E-state index is -0.150. The third-order valence-electron chi connectivity index (χ3n) is 3.05. The number of aromatic nitrogens is 3. The van der Waals surface area contributed by atoms with Gasteiger partial charge >= 0.3 is 0 Å². The molecule has 1 aromatic carbocycles. The van der Waals surface area contributed by atoms with Gasteiger partial charge in [0.25, 0.3) is 5.56 Å². The average molecular weight is 255 g/mol. The van der Waals surface area contributed by atoms with Gasteiger partial charge in [-0.1, -0.05) is 0 Å². The average Bonchev–Trinajstić information content (AvgIpc) is 3.06. The highest BCUT2D eigenvalue weighted by Gasteiger charge is 2.15. The second-order valence-electron chi connectivity index (χ2n) is 4.20. The van der Waals surface area contributed by atoms with Gasteiger partial charge in [0.05, 0.1) is 5.69 Å². The number of hydrogen-bond acceptors (Lipinski definition) is 4. The standard InChI is InChI=1S/C13H9N3O3/c17-13-6-9(15-12-3-4-14-16(12)13)8-1-2-10-11(5-8)19-7-18-10/h1-6,14H,7H2. The lowest BCUT2D eigenvalue weighted by Crippen LogP contribution is -2.13. The lowest BCUT2D eigenvalue weighted by atomic mass is 10.1. The zero-order valence-electron chi connectivity index (χ0n) is 9.79. The molecule has 0 atom stereocenters. The molecule has 0 bridgehead atoms.